The normalized spacial score (nSPS) is 18.8. The van der Waals surface area contributed by atoms with E-state index < -0.39 is 0 Å². The van der Waals surface area contributed by atoms with Crippen molar-refractivity contribution in [2.45, 2.75) is 25.3 Å². The minimum Gasteiger partial charge on any atom is -0.497 e. The first-order valence-electron chi connectivity index (χ1n) is 8.34. The second-order valence-corrected chi connectivity index (χ2v) is 6.29. The van der Waals surface area contributed by atoms with Crippen LogP contribution < -0.4 is 4.74 Å². The van der Waals surface area contributed by atoms with Gasteiger partial charge in [0.1, 0.15) is 11.3 Å². The number of hydrogen-bond donors (Lipinski definition) is 1. The summed E-state index contributed by atoms with van der Waals surface area (Å²) < 4.78 is 5.23. The molecule has 1 fully saturated rings. The van der Waals surface area contributed by atoms with Gasteiger partial charge >= 0.3 is 0 Å². The third kappa shape index (κ3) is 2.97. The van der Waals surface area contributed by atoms with E-state index in [4.69, 9.17) is 4.74 Å². The van der Waals surface area contributed by atoms with Crippen LogP contribution in [0.25, 0.3) is 11.2 Å². The maximum atomic E-state index is 5.23. The van der Waals surface area contributed by atoms with Gasteiger partial charge in [0.25, 0.3) is 0 Å². The van der Waals surface area contributed by atoms with Gasteiger partial charge in [-0.05, 0) is 37.1 Å². The molecule has 6 nitrogen and oxygen atoms in total. The highest BCUT2D eigenvalue weighted by molar-refractivity contribution is 5.72. The number of piperidine rings is 1. The van der Waals surface area contributed by atoms with Crippen molar-refractivity contribution in [3.05, 3.63) is 47.9 Å². The number of benzene rings is 1. The van der Waals surface area contributed by atoms with Crippen LogP contribution in [0.5, 0.6) is 5.75 Å². The number of nitrogens with one attached hydrogen (secondary N) is 1. The van der Waals surface area contributed by atoms with E-state index in [0.717, 1.165) is 43.0 Å². The summed E-state index contributed by atoms with van der Waals surface area (Å²) in [4.78, 5) is 11.2. The van der Waals surface area contributed by atoms with Crippen molar-refractivity contribution in [3.8, 4) is 5.75 Å². The molecule has 1 atom stereocenters. The minimum absolute atomic E-state index is 0.429. The number of nitrogens with zero attached hydrogens (tertiary/aromatic N) is 4. The van der Waals surface area contributed by atoms with Gasteiger partial charge in [-0.15, -0.1) is 0 Å². The molecule has 0 saturated carbocycles. The molecule has 4 rings (SSSR count). The lowest BCUT2D eigenvalue weighted by atomic mass is 9.94. The van der Waals surface area contributed by atoms with Crippen LogP contribution in [-0.4, -0.2) is 45.3 Å². The molecule has 1 N–H and O–H groups in total. The minimum atomic E-state index is 0.429. The number of likely N-dealkylation sites (tertiary alicyclic amines) is 1. The molecule has 3 heterocycles. The van der Waals surface area contributed by atoms with Crippen molar-refractivity contribution in [2.24, 2.45) is 0 Å². The number of aromatic nitrogens is 4. The van der Waals surface area contributed by atoms with Crippen molar-refractivity contribution < 1.29 is 4.74 Å². The summed E-state index contributed by atoms with van der Waals surface area (Å²) in [5.41, 5.74) is 4.05. The average Bonchev–Trinajstić information content (AvgIpc) is 3.07. The number of ether oxygens (including phenoxy) is 1. The third-order valence-electron chi connectivity index (χ3n) is 4.70. The Bertz CT molecular complexity index is 814. The lowest BCUT2D eigenvalue weighted by molar-refractivity contribution is 0.199. The smallest absolute Gasteiger partial charge is 0.199 e. The van der Waals surface area contributed by atoms with Gasteiger partial charge in [-0.3, -0.25) is 10.00 Å². The Labute approximate surface area is 140 Å². The topological polar surface area (TPSA) is 66.9 Å². The van der Waals surface area contributed by atoms with Gasteiger partial charge in [0.15, 0.2) is 5.65 Å². The van der Waals surface area contributed by atoms with Crippen molar-refractivity contribution in [1.82, 2.24) is 25.1 Å². The van der Waals surface area contributed by atoms with Crippen LogP contribution in [0.2, 0.25) is 0 Å². The monoisotopic (exact) mass is 323 g/mol. The Balaban J connectivity index is 1.49. The number of aromatic amines is 1. The van der Waals surface area contributed by atoms with Crippen LogP contribution in [0.15, 0.2) is 36.7 Å². The number of fused-ring (bicyclic) bond motifs is 1. The summed E-state index contributed by atoms with van der Waals surface area (Å²) in [5.74, 6) is 1.33. The number of H-pyrrole nitrogens is 1. The maximum absolute atomic E-state index is 5.23. The molecular weight excluding hydrogens is 302 g/mol. The molecule has 0 spiro atoms. The number of hydrogen-bond acceptors (Lipinski definition) is 5. The van der Waals surface area contributed by atoms with E-state index in [0.29, 0.717) is 11.6 Å². The maximum Gasteiger partial charge on any atom is 0.199 e. The predicted octanol–water partition coefficient (Wildman–Crippen LogP) is 2.74. The fourth-order valence-electron chi connectivity index (χ4n) is 3.48. The Kier molecular flexibility index (Phi) is 4.13. The molecular formula is C18H21N5O. The Hall–Kier alpha value is -2.47. The molecule has 124 valence electrons. The first-order chi connectivity index (χ1) is 11.8. The van der Waals surface area contributed by atoms with Gasteiger partial charge < -0.3 is 4.74 Å². The Morgan fingerprint density at radius 2 is 2.04 bits per heavy atom. The van der Waals surface area contributed by atoms with Gasteiger partial charge in [-0.25, -0.2) is 9.97 Å². The molecule has 0 bridgehead atoms. The van der Waals surface area contributed by atoms with Crippen LogP contribution in [0, 0.1) is 0 Å². The lowest BCUT2D eigenvalue weighted by Gasteiger charge is -2.32. The SMILES string of the molecule is COc1ccc(CN2CCCC(c3[nH]nc4nccnc34)C2)cc1. The van der Waals surface area contributed by atoms with Crippen molar-refractivity contribution in [3.63, 3.8) is 0 Å². The first-order valence-corrected chi connectivity index (χ1v) is 8.34. The fourth-order valence-corrected chi connectivity index (χ4v) is 3.48. The van der Waals surface area contributed by atoms with E-state index in [1.54, 1.807) is 19.5 Å². The van der Waals surface area contributed by atoms with Crippen LogP contribution in [-0.2, 0) is 6.54 Å². The van der Waals surface area contributed by atoms with Gasteiger partial charge in [-0.1, -0.05) is 12.1 Å². The molecule has 1 aliphatic rings. The van der Waals surface area contributed by atoms with Gasteiger partial charge in [0.05, 0.1) is 12.8 Å². The highest BCUT2D eigenvalue weighted by atomic mass is 16.5. The molecule has 3 aromatic rings. The molecule has 1 unspecified atom stereocenters. The second kappa shape index (κ2) is 6.57. The van der Waals surface area contributed by atoms with E-state index in [9.17, 15) is 0 Å². The molecule has 0 amide bonds. The summed E-state index contributed by atoms with van der Waals surface area (Å²) in [6.07, 6.45) is 5.76. The lowest BCUT2D eigenvalue weighted by Crippen LogP contribution is -2.34. The zero-order valence-corrected chi connectivity index (χ0v) is 13.8. The third-order valence-corrected chi connectivity index (χ3v) is 4.70. The van der Waals surface area contributed by atoms with Gasteiger partial charge in [0, 0.05) is 31.4 Å². The van der Waals surface area contributed by atoms with E-state index in [1.165, 1.54) is 12.0 Å². The summed E-state index contributed by atoms with van der Waals surface area (Å²) in [6, 6.07) is 8.32. The highest BCUT2D eigenvalue weighted by Crippen LogP contribution is 2.29. The zero-order chi connectivity index (χ0) is 16.4. The van der Waals surface area contributed by atoms with Crippen LogP contribution in [0.1, 0.15) is 30.0 Å². The van der Waals surface area contributed by atoms with Gasteiger partial charge in [0.2, 0.25) is 0 Å². The summed E-state index contributed by atoms with van der Waals surface area (Å²) in [5, 5.41) is 7.46. The Morgan fingerprint density at radius 1 is 1.21 bits per heavy atom. The Morgan fingerprint density at radius 3 is 2.88 bits per heavy atom. The molecule has 1 aromatic carbocycles. The summed E-state index contributed by atoms with van der Waals surface area (Å²) >= 11 is 0. The molecule has 1 saturated heterocycles. The van der Waals surface area contributed by atoms with E-state index in [2.05, 4.69) is 37.2 Å². The van der Waals surface area contributed by atoms with Crippen LogP contribution >= 0.6 is 0 Å². The molecule has 2 aromatic heterocycles. The number of methoxy groups -OCH3 is 1. The quantitative estimate of drug-likeness (QED) is 0.799. The van der Waals surface area contributed by atoms with Gasteiger partial charge in [-0.2, -0.15) is 5.10 Å². The van der Waals surface area contributed by atoms with Crippen molar-refractivity contribution in [1.29, 1.82) is 0 Å². The first kappa shape index (κ1) is 15.1. The highest BCUT2D eigenvalue weighted by Gasteiger charge is 2.25. The molecule has 24 heavy (non-hydrogen) atoms. The molecule has 1 aliphatic heterocycles. The molecule has 0 aliphatic carbocycles. The van der Waals surface area contributed by atoms with Crippen molar-refractivity contribution in [2.75, 3.05) is 20.2 Å². The fraction of sp³-hybridized carbons (Fsp3) is 0.389. The van der Waals surface area contributed by atoms with E-state index >= 15 is 0 Å². The number of rotatable bonds is 4. The summed E-state index contributed by atoms with van der Waals surface area (Å²) in [6.45, 7) is 3.10. The van der Waals surface area contributed by atoms with Crippen LogP contribution in [0.4, 0.5) is 0 Å². The summed E-state index contributed by atoms with van der Waals surface area (Å²) in [7, 11) is 1.70. The average molecular weight is 323 g/mol. The second-order valence-electron chi connectivity index (χ2n) is 6.29. The van der Waals surface area contributed by atoms with E-state index in [-0.39, 0.29) is 0 Å². The largest absolute Gasteiger partial charge is 0.497 e. The predicted molar refractivity (Wildman–Crippen MR) is 91.9 cm³/mol. The molecule has 0 radical (unpaired) electrons. The van der Waals surface area contributed by atoms with Crippen molar-refractivity contribution >= 4 is 11.2 Å². The molecule has 6 heteroatoms. The zero-order valence-electron chi connectivity index (χ0n) is 13.8. The van der Waals surface area contributed by atoms with E-state index in [1.807, 2.05) is 12.1 Å². The van der Waals surface area contributed by atoms with Crippen LogP contribution in [0.3, 0.4) is 0 Å². The standard InChI is InChI=1S/C18H21N5O/c1-24-15-6-4-13(5-7-15)11-23-10-2-3-14(12-23)16-17-18(22-21-16)20-9-8-19-17/h4-9,14H,2-3,10-12H2,1H3,(H,20,21,22).